The maximum Gasteiger partial charge on any atom is 0.183 e. The zero-order valence-electron chi connectivity index (χ0n) is 17.6. The van der Waals surface area contributed by atoms with Crippen LogP contribution in [0.3, 0.4) is 0 Å². The maximum absolute atomic E-state index is 13.2. The average molecular weight is 463 g/mol. The summed E-state index contributed by atoms with van der Waals surface area (Å²) in [5.74, 6) is -0.479. The Hall–Kier alpha value is -1.74. The highest BCUT2D eigenvalue weighted by Gasteiger charge is 2.45. The van der Waals surface area contributed by atoms with Crippen LogP contribution in [0.15, 0.2) is 65.6 Å². The zero-order valence-corrected chi connectivity index (χ0v) is 19.2. The highest BCUT2D eigenvalue weighted by Crippen LogP contribution is 2.28. The van der Waals surface area contributed by atoms with Gasteiger partial charge in [-0.1, -0.05) is 55.0 Å². The molecule has 2 aliphatic heterocycles. The van der Waals surface area contributed by atoms with Crippen molar-refractivity contribution in [2.45, 2.75) is 41.5 Å². The molecule has 0 spiro atoms. The Bertz CT molecular complexity index is 1070. The van der Waals surface area contributed by atoms with Gasteiger partial charge in [-0.3, -0.25) is 4.90 Å². The predicted molar refractivity (Wildman–Crippen MR) is 122 cm³/mol. The minimum Gasteiger partial charge on any atom is -0.310 e. The normalized spacial score (nSPS) is 25.3. The summed E-state index contributed by atoms with van der Waals surface area (Å²) in [6.45, 7) is 2.51. The minimum atomic E-state index is -3.75. The van der Waals surface area contributed by atoms with Crippen molar-refractivity contribution in [1.82, 2.24) is 10.2 Å². The fraction of sp³-hybridized carbons (Fsp3) is 0.478. The lowest BCUT2D eigenvalue weighted by molar-refractivity contribution is 0.158. The van der Waals surface area contributed by atoms with E-state index in [9.17, 15) is 16.8 Å². The van der Waals surface area contributed by atoms with E-state index in [0.717, 1.165) is 25.9 Å². The molecule has 0 amide bonds. The number of nitrogens with one attached hydrogen (secondary N) is 1. The van der Waals surface area contributed by atoms with Crippen LogP contribution in [-0.2, 0) is 19.7 Å². The van der Waals surface area contributed by atoms with Crippen LogP contribution in [0.4, 0.5) is 0 Å². The van der Waals surface area contributed by atoms with Crippen LogP contribution in [0.25, 0.3) is 0 Å². The first-order valence-corrected chi connectivity index (χ1v) is 14.3. The molecule has 168 valence electrons. The number of nitrogens with zero attached hydrogens (tertiary/aromatic N) is 1. The molecule has 31 heavy (non-hydrogen) atoms. The number of benzene rings is 2. The molecular weight excluding hydrogens is 432 g/mol. The van der Waals surface area contributed by atoms with E-state index in [2.05, 4.69) is 22.3 Å². The predicted octanol–water partition coefficient (Wildman–Crippen LogP) is 2.44. The van der Waals surface area contributed by atoms with Crippen molar-refractivity contribution in [3.05, 3.63) is 66.2 Å². The van der Waals surface area contributed by atoms with Crippen LogP contribution < -0.4 is 5.32 Å². The van der Waals surface area contributed by atoms with Gasteiger partial charge in [0.1, 0.15) is 0 Å². The van der Waals surface area contributed by atoms with Crippen molar-refractivity contribution in [2.24, 2.45) is 0 Å². The molecule has 2 aromatic rings. The largest absolute Gasteiger partial charge is 0.310 e. The molecule has 4 rings (SSSR count). The van der Waals surface area contributed by atoms with Crippen molar-refractivity contribution < 1.29 is 16.8 Å². The second-order valence-corrected chi connectivity index (χ2v) is 12.8. The first-order chi connectivity index (χ1) is 14.9. The standard InChI is InChI=1S/C23H30N2O4S2/c26-30(27)17-21(23(18-30)31(28,29)20-12-6-2-7-13-20)24-16-22(19-10-4-1-5-11-19)25-14-8-3-9-15-25/h1-2,4-7,10-13,21-24H,3,8-9,14-18H2/t21-,22?,23-/m0/s1. The molecule has 0 radical (unpaired) electrons. The maximum atomic E-state index is 13.2. The van der Waals surface area contributed by atoms with Gasteiger partial charge in [-0.25, -0.2) is 16.8 Å². The van der Waals surface area contributed by atoms with Crippen LogP contribution in [0.5, 0.6) is 0 Å². The first-order valence-electron chi connectivity index (χ1n) is 10.9. The molecule has 2 fully saturated rings. The number of hydrogen-bond acceptors (Lipinski definition) is 6. The lowest BCUT2D eigenvalue weighted by atomic mass is 10.0. The number of piperidine rings is 1. The second kappa shape index (κ2) is 9.40. The van der Waals surface area contributed by atoms with Gasteiger partial charge in [-0.05, 0) is 43.6 Å². The molecule has 8 heteroatoms. The molecule has 2 aliphatic rings. The summed E-state index contributed by atoms with van der Waals surface area (Å²) >= 11 is 0. The molecule has 0 aliphatic carbocycles. The third-order valence-corrected chi connectivity index (χ3v) is 10.5. The number of hydrogen-bond donors (Lipinski definition) is 1. The van der Waals surface area contributed by atoms with Crippen molar-refractivity contribution >= 4 is 19.7 Å². The van der Waals surface area contributed by atoms with Crippen LogP contribution in [0, 0.1) is 0 Å². The third-order valence-electron chi connectivity index (χ3n) is 6.36. The van der Waals surface area contributed by atoms with Gasteiger partial charge in [0, 0.05) is 18.6 Å². The van der Waals surface area contributed by atoms with Crippen LogP contribution in [0.2, 0.25) is 0 Å². The zero-order chi connectivity index (χ0) is 21.9. The molecule has 2 saturated heterocycles. The van der Waals surface area contributed by atoms with E-state index in [1.165, 1.54) is 24.1 Å². The van der Waals surface area contributed by atoms with E-state index < -0.39 is 31.0 Å². The summed E-state index contributed by atoms with van der Waals surface area (Å²) < 4.78 is 51.3. The lowest BCUT2D eigenvalue weighted by Gasteiger charge is -2.36. The molecule has 2 heterocycles. The van der Waals surface area contributed by atoms with Gasteiger partial charge in [0.15, 0.2) is 19.7 Å². The highest BCUT2D eigenvalue weighted by atomic mass is 32.2. The van der Waals surface area contributed by atoms with E-state index in [4.69, 9.17) is 0 Å². The Morgan fingerprint density at radius 3 is 2.16 bits per heavy atom. The third kappa shape index (κ3) is 5.19. The van der Waals surface area contributed by atoms with Crippen molar-refractivity contribution in [3.8, 4) is 0 Å². The first kappa shape index (κ1) is 22.5. The molecule has 0 aromatic heterocycles. The van der Waals surface area contributed by atoms with Gasteiger partial charge in [0.2, 0.25) is 0 Å². The topological polar surface area (TPSA) is 83.6 Å². The van der Waals surface area contributed by atoms with Gasteiger partial charge in [-0.2, -0.15) is 0 Å². The second-order valence-electron chi connectivity index (χ2n) is 8.51. The van der Waals surface area contributed by atoms with Gasteiger partial charge in [0.05, 0.1) is 21.7 Å². The summed E-state index contributed by atoms with van der Waals surface area (Å²) in [6.07, 6.45) is 3.52. The Morgan fingerprint density at radius 1 is 0.903 bits per heavy atom. The SMILES string of the molecule is O=S1(=O)C[C@H](NCC(c2ccccc2)N2CCCCC2)[C@@H](S(=O)(=O)c2ccccc2)C1. The van der Waals surface area contributed by atoms with E-state index in [-0.39, 0.29) is 22.4 Å². The van der Waals surface area contributed by atoms with E-state index in [1.807, 2.05) is 18.2 Å². The van der Waals surface area contributed by atoms with Crippen molar-refractivity contribution in [3.63, 3.8) is 0 Å². The quantitative estimate of drug-likeness (QED) is 0.681. The number of rotatable bonds is 7. The van der Waals surface area contributed by atoms with Crippen LogP contribution in [0.1, 0.15) is 30.9 Å². The van der Waals surface area contributed by atoms with Gasteiger partial charge in [-0.15, -0.1) is 0 Å². The monoisotopic (exact) mass is 462 g/mol. The summed E-state index contributed by atoms with van der Waals surface area (Å²) in [6, 6.07) is 17.8. The van der Waals surface area contributed by atoms with E-state index in [0.29, 0.717) is 6.54 Å². The average Bonchev–Trinajstić information content (AvgIpc) is 3.11. The molecule has 6 nitrogen and oxygen atoms in total. The van der Waals surface area contributed by atoms with Crippen LogP contribution in [-0.4, -0.2) is 64.2 Å². The fourth-order valence-electron chi connectivity index (χ4n) is 4.72. The lowest BCUT2D eigenvalue weighted by Crippen LogP contribution is -2.47. The van der Waals surface area contributed by atoms with Gasteiger partial charge in [0.25, 0.3) is 0 Å². The molecule has 1 unspecified atom stereocenters. The molecule has 0 bridgehead atoms. The fourth-order valence-corrected chi connectivity index (χ4v) is 9.46. The Balaban J connectivity index is 1.56. The molecule has 2 aromatic carbocycles. The van der Waals surface area contributed by atoms with Crippen LogP contribution >= 0.6 is 0 Å². The summed E-state index contributed by atoms with van der Waals surface area (Å²) in [5, 5.41) is 2.38. The molecular formula is C23H30N2O4S2. The summed E-state index contributed by atoms with van der Waals surface area (Å²) in [7, 11) is -7.18. The molecule has 3 atom stereocenters. The Morgan fingerprint density at radius 2 is 1.52 bits per heavy atom. The summed E-state index contributed by atoms with van der Waals surface area (Å²) in [5.41, 5.74) is 1.17. The molecule has 1 N–H and O–H groups in total. The number of sulfone groups is 2. The Labute approximate surface area is 185 Å². The Kier molecular flexibility index (Phi) is 6.81. The number of likely N-dealkylation sites (tertiary alicyclic amines) is 1. The van der Waals surface area contributed by atoms with Gasteiger partial charge < -0.3 is 5.32 Å². The van der Waals surface area contributed by atoms with Gasteiger partial charge >= 0.3 is 0 Å². The smallest absolute Gasteiger partial charge is 0.183 e. The van der Waals surface area contributed by atoms with E-state index >= 15 is 0 Å². The van der Waals surface area contributed by atoms with Crippen molar-refractivity contribution in [2.75, 3.05) is 31.1 Å². The highest BCUT2D eigenvalue weighted by molar-refractivity contribution is 7.96. The minimum absolute atomic E-state index is 0.0879. The molecule has 0 saturated carbocycles. The van der Waals surface area contributed by atoms with Crippen molar-refractivity contribution in [1.29, 1.82) is 0 Å². The summed E-state index contributed by atoms with van der Waals surface area (Å²) in [4.78, 5) is 2.61. The van der Waals surface area contributed by atoms with E-state index in [1.54, 1.807) is 18.2 Å².